The number of carbonyl (C=O) groups is 1. The molecule has 1 atom stereocenters. The molecule has 2 heterocycles. The molecule has 9 heteroatoms. The minimum Gasteiger partial charge on any atom is -0.324 e. The van der Waals surface area contributed by atoms with Gasteiger partial charge < -0.3 is 5.32 Å². The van der Waals surface area contributed by atoms with Crippen molar-refractivity contribution in [2.75, 3.05) is 5.01 Å². The highest BCUT2D eigenvalue weighted by Gasteiger charge is 2.39. The smallest absolute Gasteiger partial charge is 0.255 e. The summed E-state index contributed by atoms with van der Waals surface area (Å²) in [4.78, 5) is 11.4. The van der Waals surface area contributed by atoms with Crippen molar-refractivity contribution in [2.24, 2.45) is 10.3 Å². The zero-order valence-corrected chi connectivity index (χ0v) is 9.48. The molecule has 0 bridgehead atoms. The maximum Gasteiger partial charge on any atom is 0.255 e. The lowest BCUT2D eigenvalue weighted by Gasteiger charge is -2.28. The summed E-state index contributed by atoms with van der Waals surface area (Å²) in [6.07, 6.45) is -1.01. The second-order valence-electron chi connectivity index (χ2n) is 3.64. The first-order valence-electron chi connectivity index (χ1n) is 4.85. The van der Waals surface area contributed by atoms with Crippen LogP contribution in [0.2, 0.25) is 0 Å². The number of rotatable bonds is 0. The van der Waals surface area contributed by atoms with Gasteiger partial charge in [0.2, 0.25) is 15.3 Å². The van der Waals surface area contributed by atoms with Crippen molar-refractivity contribution in [3.8, 4) is 0 Å². The minimum absolute atomic E-state index is 0.188. The highest BCUT2D eigenvalue weighted by atomic mass is 32.2. The van der Waals surface area contributed by atoms with E-state index in [1.54, 1.807) is 0 Å². The van der Waals surface area contributed by atoms with Gasteiger partial charge in [0.25, 0.3) is 5.91 Å². The molecule has 7 nitrogen and oxygen atoms in total. The lowest BCUT2D eigenvalue weighted by molar-refractivity contribution is 0.0940. The van der Waals surface area contributed by atoms with Crippen molar-refractivity contribution >= 4 is 26.9 Å². The van der Waals surface area contributed by atoms with E-state index in [9.17, 15) is 17.6 Å². The number of nitrogens with one attached hydrogen (secondary N) is 1. The first-order chi connectivity index (χ1) is 8.58. The summed E-state index contributed by atoms with van der Waals surface area (Å²) < 4.78 is 35.0. The maximum atomic E-state index is 13.2. The van der Waals surface area contributed by atoms with Crippen LogP contribution in [0.15, 0.2) is 28.5 Å². The van der Waals surface area contributed by atoms with Crippen LogP contribution in [0.5, 0.6) is 0 Å². The van der Waals surface area contributed by atoms with E-state index in [-0.39, 0.29) is 16.2 Å². The average Bonchev–Trinajstić information content (AvgIpc) is 2.72. The molecule has 0 saturated heterocycles. The van der Waals surface area contributed by atoms with E-state index in [0.29, 0.717) is 0 Å². The predicted octanol–water partition coefficient (Wildman–Crippen LogP) is 0.0914. The molecule has 0 spiro atoms. The summed E-state index contributed by atoms with van der Waals surface area (Å²) in [5.74, 6) is -1.05. The molecule has 1 N–H and O–H groups in total. The van der Waals surface area contributed by atoms with Gasteiger partial charge in [-0.3, -0.25) is 4.79 Å². The van der Waals surface area contributed by atoms with Crippen molar-refractivity contribution in [3.63, 3.8) is 0 Å². The first kappa shape index (κ1) is 10.8. The van der Waals surface area contributed by atoms with Gasteiger partial charge in [-0.15, -0.1) is 5.11 Å². The molecule has 3 rings (SSSR count). The lowest BCUT2D eigenvalue weighted by atomic mass is 10.1. The van der Waals surface area contributed by atoms with Crippen LogP contribution in [0.25, 0.3) is 0 Å². The Bertz CT molecular complexity index is 719. The number of amides is 1. The van der Waals surface area contributed by atoms with Crippen LogP contribution in [0.4, 0.5) is 10.1 Å². The van der Waals surface area contributed by atoms with E-state index in [4.69, 9.17) is 0 Å². The molecule has 0 fully saturated rings. The number of carbonyl (C=O) groups excluding carboxylic acids is 1. The molecule has 0 aromatic heterocycles. The van der Waals surface area contributed by atoms with Gasteiger partial charge in [0.15, 0.2) is 6.17 Å². The Morgan fingerprint density at radius 3 is 2.89 bits per heavy atom. The normalized spacial score (nSPS) is 20.5. The van der Waals surface area contributed by atoms with Crippen molar-refractivity contribution in [2.45, 2.75) is 6.17 Å². The highest BCUT2D eigenvalue weighted by Crippen LogP contribution is 2.30. The number of nitrogens with zero attached hydrogens (tertiary/aromatic N) is 3. The number of fused-ring (bicyclic) bond motifs is 3. The Kier molecular flexibility index (Phi) is 2.17. The average molecular weight is 268 g/mol. The van der Waals surface area contributed by atoms with Crippen molar-refractivity contribution in [1.82, 2.24) is 5.32 Å². The summed E-state index contributed by atoms with van der Waals surface area (Å²) in [5.41, 5.74) is 0.400. The van der Waals surface area contributed by atoms with Gasteiger partial charge in [-0.1, -0.05) is 5.22 Å². The third kappa shape index (κ3) is 1.40. The summed E-state index contributed by atoms with van der Waals surface area (Å²) in [5, 5.41) is 10.7. The topological polar surface area (TPSA) is 91.2 Å². The van der Waals surface area contributed by atoms with E-state index in [0.717, 1.165) is 17.1 Å². The van der Waals surface area contributed by atoms with E-state index in [2.05, 4.69) is 15.7 Å². The molecule has 1 unspecified atom stereocenters. The summed E-state index contributed by atoms with van der Waals surface area (Å²) in [6, 6.07) is 3.55. The molecule has 0 radical (unpaired) electrons. The largest absolute Gasteiger partial charge is 0.324 e. The Morgan fingerprint density at radius 1 is 1.39 bits per heavy atom. The molecular formula is C9H5FN4O3S. The van der Waals surface area contributed by atoms with Gasteiger partial charge >= 0.3 is 0 Å². The van der Waals surface area contributed by atoms with Crippen LogP contribution < -0.4 is 10.3 Å². The lowest BCUT2D eigenvalue weighted by Crippen LogP contribution is -2.52. The van der Waals surface area contributed by atoms with Crippen molar-refractivity contribution < 1.29 is 17.6 Å². The Morgan fingerprint density at radius 2 is 2.17 bits per heavy atom. The molecule has 0 saturated carbocycles. The molecular weight excluding hydrogens is 263 g/mol. The molecule has 18 heavy (non-hydrogen) atoms. The van der Waals surface area contributed by atoms with Crippen LogP contribution >= 0.6 is 0 Å². The highest BCUT2D eigenvalue weighted by molar-refractivity contribution is 7.73. The molecule has 1 amide bonds. The van der Waals surface area contributed by atoms with Gasteiger partial charge in [-0.05, 0) is 12.1 Å². The first-order valence-corrected chi connectivity index (χ1v) is 5.93. The number of halogens is 1. The number of anilines is 1. The van der Waals surface area contributed by atoms with E-state index in [1.807, 2.05) is 0 Å². The van der Waals surface area contributed by atoms with Gasteiger partial charge in [0.05, 0.1) is 11.3 Å². The standard InChI is InChI=1S/C9H5FN4O3S/c10-4-1-2-5-6(3-4)14-7(11-8(5)15)9(12-13-14)18(16)17/h1-3,7H,(H,11,15). The predicted molar refractivity (Wildman–Crippen MR) is 58.9 cm³/mol. The van der Waals surface area contributed by atoms with Gasteiger partial charge in [0.1, 0.15) is 5.82 Å². The number of hydrogen-bond donors (Lipinski definition) is 1. The Labute approximate surface area is 101 Å². The Hall–Kier alpha value is -2.29. The van der Waals surface area contributed by atoms with E-state index >= 15 is 0 Å². The molecule has 1 aromatic rings. The quantitative estimate of drug-likeness (QED) is 0.675. The second-order valence-corrected chi connectivity index (χ2v) is 4.53. The van der Waals surface area contributed by atoms with Crippen LogP contribution in [-0.4, -0.2) is 25.5 Å². The van der Waals surface area contributed by atoms with Crippen LogP contribution in [0.3, 0.4) is 0 Å². The molecule has 2 aliphatic heterocycles. The third-order valence-electron chi connectivity index (χ3n) is 2.61. The van der Waals surface area contributed by atoms with Gasteiger partial charge in [-0.2, -0.15) is 8.42 Å². The van der Waals surface area contributed by atoms with Crippen LogP contribution in [0, 0.1) is 5.82 Å². The fourth-order valence-corrected chi connectivity index (χ4v) is 2.27. The molecule has 1 aromatic carbocycles. The SMILES string of the molecule is O=C1NC2C(=S(=O)=O)N=NN2c2cc(F)ccc21. The molecule has 92 valence electrons. The summed E-state index contributed by atoms with van der Waals surface area (Å²) in [7, 11) is -2.60. The van der Waals surface area contributed by atoms with Crippen molar-refractivity contribution in [1.29, 1.82) is 0 Å². The molecule has 2 aliphatic rings. The van der Waals surface area contributed by atoms with Gasteiger partial charge in [-0.25, -0.2) is 9.40 Å². The fourth-order valence-electron chi connectivity index (χ4n) is 1.83. The number of benzene rings is 1. The summed E-state index contributed by atoms with van der Waals surface area (Å²) in [6.45, 7) is 0. The summed E-state index contributed by atoms with van der Waals surface area (Å²) >= 11 is 0. The van der Waals surface area contributed by atoms with E-state index < -0.39 is 28.2 Å². The van der Waals surface area contributed by atoms with Crippen LogP contribution in [-0.2, 0) is 10.3 Å². The fraction of sp³-hybridized carbons (Fsp3) is 0.111. The number of hydrogen-bond acceptors (Lipinski definition) is 5. The maximum absolute atomic E-state index is 13.2. The monoisotopic (exact) mass is 268 g/mol. The third-order valence-corrected chi connectivity index (χ3v) is 3.25. The van der Waals surface area contributed by atoms with Crippen molar-refractivity contribution in [3.05, 3.63) is 29.6 Å². The van der Waals surface area contributed by atoms with Gasteiger partial charge in [0, 0.05) is 6.07 Å². The van der Waals surface area contributed by atoms with E-state index in [1.165, 1.54) is 6.07 Å². The minimum atomic E-state index is -2.60. The molecule has 0 aliphatic carbocycles. The Balaban J connectivity index is 2.21. The zero-order valence-electron chi connectivity index (χ0n) is 8.66. The second kappa shape index (κ2) is 3.60. The van der Waals surface area contributed by atoms with Crippen LogP contribution in [0.1, 0.15) is 10.4 Å². The zero-order chi connectivity index (χ0) is 12.9.